The van der Waals surface area contributed by atoms with E-state index in [9.17, 15) is 14.4 Å². The quantitative estimate of drug-likeness (QED) is 0.550. The van der Waals surface area contributed by atoms with E-state index in [1.54, 1.807) is 6.92 Å². The van der Waals surface area contributed by atoms with E-state index < -0.39 is 11.9 Å². The van der Waals surface area contributed by atoms with Crippen molar-refractivity contribution in [3.63, 3.8) is 0 Å². The Bertz CT molecular complexity index is 414. The highest BCUT2D eigenvalue weighted by Crippen LogP contribution is 2.21. The Morgan fingerprint density at radius 1 is 1.38 bits per heavy atom. The molecule has 0 saturated carbocycles. The van der Waals surface area contributed by atoms with E-state index >= 15 is 0 Å². The molecule has 2 rings (SSSR count). The number of nitrogens with zero attached hydrogens (tertiary/aromatic N) is 1. The maximum atomic E-state index is 11.8. The fourth-order valence-electron chi connectivity index (χ4n) is 1.96. The summed E-state index contributed by atoms with van der Waals surface area (Å²) >= 11 is 0. The van der Waals surface area contributed by atoms with Crippen LogP contribution in [0.3, 0.4) is 0 Å². The van der Waals surface area contributed by atoms with Crippen LogP contribution < -0.4 is 11.1 Å². The van der Waals surface area contributed by atoms with E-state index in [0.29, 0.717) is 17.7 Å². The van der Waals surface area contributed by atoms with Gasteiger partial charge >= 0.3 is 0 Å². The van der Waals surface area contributed by atoms with Crippen LogP contribution in [0.4, 0.5) is 0 Å². The highest BCUT2D eigenvalue weighted by Gasteiger charge is 2.38. The molecule has 3 amide bonds. The van der Waals surface area contributed by atoms with Gasteiger partial charge in [-0.25, -0.2) is 0 Å². The van der Waals surface area contributed by atoms with Crippen LogP contribution in [0.5, 0.6) is 0 Å². The molecule has 2 heterocycles. The third-order valence-electron chi connectivity index (χ3n) is 2.99. The Balaban J connectivity index is 2.14. The average Bonchev–Trinajstić information content (AvgIpc) is 2.46. The second-order valence-corrected chi connectivity index (χ2v) is 4.05. The number of imide groups is 1. The van der Waals surface area contributed by atoms with Gasteiger partial charge in [0.2, 0.25) is 11.8 Å². The SMILES string of the molecule is CC1=C(N)CN(C2CCC(=O)NC2=O)C1=O. The number of carbonyl (C=O) groups is 3. The normalized spacial score (nSPS) is 26.4. The van der Waals surface area contributed by atoms with Crippen molar-refractivity contribution >= 4 is 17.7 Å². The molecule has 0 aromatic carbocycles. The van der Waals surface area contributed by atoms with E-state index in [0.717, 1.165) is 0 Å². The summed E-state index contributed by atoms with van der Waals surface area (Å²) in [5.74, 6) is -0.912. The lowest BCUT2D eigenvalue weighted by Gasteiger charge is -2.29. The van der Waals surface area contributed by atoms with Crippen molar-refractivity contribution in [2.45, 2.75) is 25.8 Å². The van der Waals surface area contributed by atoms with Gasteiger partial charge in [-0.3, -0.25) is 19.7 Å². The lowest BCUT2D eigenvalue weighted by Crippen LogP contribution is -2.53. The van der Waals surface area contributed by atoms with E-state index in [-0.39, 0.29) is 24.8 Å². The summed E-state index contributed by atoms with van der Waals surface area (Å²) in [4.78, 5) is 35.7. The van der Waals surface area contributed by atoms with Gasteiger partial charge in [0.25, 0.3) is 5.91 Å². The van der Waals surface area contributed by atoms with Crippen LogP contribution in [-0.4, -0.2) is 35.2 Å². The zero-order valence-corrected chi connectivity index (χ0v) is 8.95. The third-order valence-corrected chi connectivity index (χ3v) is 2.99. The maximum Gasteiger partial charge on any atom is 0.252 e. The molecule has 0 aromatic heterocycles. The zero-order valence-electron chi connectivity index (χ0n) is 8.95. The standard InChI is InChI=1S/C10H13N3O3/c1-5-6(11)4-13(10(5)16)7-2-3-8(14)12-9(7)15/h7H,2-4,11H2,1H3,(H,12,14,15). The summed E-state index contributed by atoms with van der Waals surface area (Å²) in [6, 6.07) is -0.568. The number of rotatable bonds is 1. The molecular formula is C10H13N3O3. The van der Waals surface area contributed by atoms with Crippen LogP contribution in [0.25, 0.3) is 0 Å². The van der Waals surface area contributed by atoms with Crippen LogP contribution in [0.2, 0.25) is 0 Å². The van der Waals surface area contributed by atoms with Gasteiger partial charge in [0, 0.05) is 17.7 Å². The molecule has 16 heavy (non-hydrogen) atoms. The molecule has 3 N–H and O–H groups in total. The molecule has 1 atom stereocenters. The van der Waals surface area contributed by atoms with Crippen molar-refractivity contribution in [2.24, 2.45) is 5.73 Å². The molecule has 86 valence electrons. The van der Waals surface area contributed by atoms with Gasteiger partial charge < -0.3 is 10.6 Å². The summed E-state index contributed by atoms with van der Waals surface area (Å²) in [6.45, 7) is 1.92. The lowest BCUT2D eigenvalue weighted by molar-refractivity contribution is -0.142. The summed E-state index contributed by atoms with van der Waals surface area (Å²) in [5, 5.41) is 2.23. The first-order valence-corrected chi connectivity index (χ1v) is 5.10. The van der Waals surface area contributed by atoms with Gasteiger partial charge in [-0.2, -0.15) is 0 Å². The molecule has 6 nitrogen and oxygen atoms in total. The van der Waals surface area contributed by atoms with Gasteiger partial charge in [0.05, 0.1) is 6.54 Å². The van der Waals surface area contributed by atoms with Gasteiger partial charge in [-0.15, -0.1) is 0 Å². The molecule has 2 aliphatic heterocycles. The minimum absolute atomic E-state index is 0.216. The average molecular weight is 223 g/mol. The van der Waals surface area contributed by atoms with Gasteiger partial charge in [-0.05, 0) is 13.3 Å². The first-order valence-electron chi connectivity index (χ1n) is 5.10. The van der Waals surface area contributed by atoms with Crippen LogP contribution in [0, 0.1) is 0 Å². The van der Waals surface area contributed by atoms with Crippen LogP contribution >= 0.6 is 0 Å². The second kappa shape index (κ2) is 3.62. The lowest BCUT2D eigenvalue weighted by atomic mass is 10.0. The van der Waals surface area contributed by atoms with Crippen molar-refractivity contribution < 1.29 is 14.4 Å². The molecule has 0 radical (unpaired) electrons. The van der Waals surface area contributed by atoms with Gasteiger partial charge in [0.15, 0.2) is 0 Å². The van der Waals surface area contributed by atoms with Crippen LogP contribution in [-0.2, 0) is 14.4 Å². The minimum atomic E-state index is -0.568. The van der Waals surface area contributed by atoms with Crippen LogP contribution in [0.15, 0.2) is 11.3 Å². The maximum absolute atomic E-state index is 11.8. The van der Waals surface area contributed by atoms with E-state index in [1.165, 1.54) is 4.90 Å². The Morgan fingerprint density at radius 3 is 2.56 bits per heavy atom. The number of amides is 3. The zero-order chi connectivity index (χ0) is 11.9. The number of piperidine rings is 1. The number of nitrogens with one attached hydrogen (secondary N) is 1. The van der Waals surface area contributed by atoms with E-state index in [2.05, 4.69) is 5.32 Å². The van der Waals surface area contributed by atoms with Gasteiger partial charge in [-0.1, -0.05) is 0 Å². The Hall–Kier alpha value is -1.85. The second-order valence-electron chi connectivity index (χ2n) is 4.05. The van der Waals surface area contributed by atoms with Crippen molar-refractivity contribution in [1.82, 2.24) is 10.2 Å². The highest BCUT2D eigenvalue weighted by atomic mass is 16.2. The molecule has 0 aliphatic carbocycles. The third kappa shape index (κ3) is 1.56. The molecule has 0 spiro atoms. The van der Waals surface area contributed by atoms with E-state index in [4.69, 9.17) is 5.73 Å². The topological polar surface area (TPSA) is 92.5 Å². The Morgan fingerprint density at radius 2 is 2.06 bits per heavy atom. The molecular weight excluding hydrogens is 210 g/mol. The fraction of sp³-hybridized carbons (Fsp3) is 0.500. The molecule has 1 unspecified atom stereocenters. The molecule has 6 heteroatoms. The van der Waals surface area contributed by atoms with E-state index in [1.807, 2.05) is 0 Å². The largest absolute Gasteiger partial charge is 0.400 e. The van der Waals surface area contributed by atoms with Crippen molar-refractivity contribution in [1.29, 1.82) is 0 Å². The van der Waals surface area contributed by atoms with Crippen molar-refractivity contribution in [3.05, 3.63) is 11.3 Å². The number of hydrogen-bond donors (Lipinski definition) is 2. The number of hydrogen-bond acceptors (Lipinski definition) is 4. The molecule has 0 aromatic rings. The van der Waals surface area contributed by atoms with Crippen LogP contribution in [0.1, 0.15) is 19.8 Å². The summed E-state index contributed by atoms with van der Waals surface area (Å²) in [6.07, 6.45) is 0.635. The monoisotopic (exact) mass is 223 g/mol. The number of nitrogens with two attached hydrogens (primary N) is 1. The van der Waals surface area contributed by atoms with Crippen molar-refractivity contribution in [2.75, 3.05) is 6.54 Å². The predicted octanol–water partition coefficient (Wildman–Crippen LogP) is -1.13. The summed E-state index contributed by atoms with van der Waals surface area (Å²) in [7, 11) is 0. The molecule has 1 saturated heterocycles. The molecule has 0 bridgehead atoms. The summed E-state index contributed by atoms with van der Waals surface area (Å²) < 4.78 is 0. The van der Waals surface area contributed by atoms with Crippen molar-refractivity contribution in [3.8, 4) is 0 Å². The number of carbonyl (C=O) groups excluding carboxylic acids is 3. The first kappa shape index (κ1) is 10.7. The minimum Gasteiger partial charge on any atom is -0.400 e. The Labute approximate surface area is 92.5 Å². The highest BCUT2D eigenvalue weighted by molar-refractivity contribution is 6.04. The molecule has 1 fully saturated rings. The fourth-order valence-corrected chi connectivity index (χ4v) is 1.96. The van der Waals surface area contributed by atoms with Gasteiger partial charge in [0.1, 0.15) is 6.04 Å². The molecule has 2 aliphatic rings. The predicted molar refractivity (Wildman–Crippen MR) is 54.8 cm³/mol. The summed E-state index contributed by atoms with van der Waals surface area (Å²) in [5.41, 5.74) is 6.64. The first-order chi connectivity index (χ1) is 7.50. The smallest absolute Gasteiger partial charge is 0.252 e. The Kier molecular flexibility index (Phi) is 2.41.